The van der Waals surface area contributed by atoms with Crippen LogP contribution in [0.4, 0.5) is 0 Å². The highest BCUT2D eigenvalue weighted by molar-refractivity contribution is 5.75. The van der Waals surface area contributed by atoms with Gasteiger partial charge in [-0.3, -0.25) is 9.48 Å². The van der Waals surface area contributed by atoms with E-state index in [1.807, 2.05) is 6.07 Å². The molecule has 0 fully saturated rings. The van der Waals surface area contributed by atoms with E-state index in [1.165, 1.54) is 5.56 Å². The maximum atomic E-state index is 11.0. The molecule has 0 bridgehead atoms. The van der Waals surface area contributed by atoms with Crippen LogP contribution in [0, 0.1) is 0 Å². The van der Waals surface area contributed by atoms with Crippen molar-refractivity contribution in [2.75, 3.05) is 0 Å². The summed E-state index contributed by atoms with van der Waals surface area (Å²) in [6.07, 6.45) is 4.78. The Labute approximate surface area is 113 Å². The Balaban J connectivity index is 2.30. The normalized spacial score (nSPS) is 10.4. The number of carbonyl (C=O) groups is 1. The first kappa shape index (κ1) is 13.3. The van der Waals surface area contributed by atoms with Gasteiger partial charge >= 0.3 is 0 Å². The van der Waals surface area contributed by atoms with Gasteiger partial charge in [-0.1, -0.05) is 43.7 Å². The molecule has 0 amide bonds. The maximum absolute atomic E-state index is 11.0. The zero-order chi connectivity index (χ0) is 13.7. The third-order valence-corrected chi connectivity index (χ3v) is 3.02. The first-order valence-corrected chi connectivity index (χ1v) is 6.51. The number of rotatable bonds is 6. The fourth-order valence-electron chi connectivity index (χ4n) is 2.07. The van der Waals surface area contributed by atoms with Crippen molar-refractivity contribution < 1.29 is 4.79 Å². The van der Waals surface area contributed by atoms with Crippen LogP contribution in [0.25, 0.3) is 11.3 Å². The van der Waals surface area contributed by atoms with Crippen molar-refractivity contribution in [3.8, 4) is 11.3 Å². The van der Waals surface area contributed by atoms with Crippen LogP contribution in [0.1, 0.15) is 29.4 Å². The molecule has 0 atom stereocenters. The number of hydrogen-bond acceptors (Lipinski definition) is 2. The lowest BCUT2D eigenvalue weighted by Crippen LogP contribution is -2.01. The quantitative estimate of drug-likeness (QED) is 0.584. The van der Waals surface area contributed by atoms with Crippen molar-refractivity contribution in [2.45, 2.75) is 26.3 Å². The highest BCUT2D eigenvalue weighted by Gasteiger charge is 2.08. The Morgan fingerprint density at radius 1 is 1.32 bits per heavy atom. The van der Waals surface area contributed by atoms with E-state index in [4.69, 9.17) is 0 Å². The number of carbonyl (C=O) groups excluding carboxylic acids is 1. The van der Waals surface area contributed by atoms with Gasteiger partial charge in [0.2, 0.25) is 0 Å². The summed E-state index contributed by atoms with van der Waals surface area (Å²) in [5, 5.41) is 4.43. The molecule has 1 heterocycles. The molecule has 0 spiro atoms. The molecule has 19 heavy (non-hydrogen) atoms. The van der Waals surface area contributed by atoms with Crippen molar-refractivity contribution in [1.82, 2.24) is 9.78 Å². The van der Waals surface area contributed by atoms with Crippen LogP contribution in [0.5, 0.6) is 0 Å². The van der Waals surface area contributed by atoms with E-state index in [2.05, 4.69) is 42.9 Å². The summed E-state index contributed by atoms with van der Waals surface area (Å²) in [5.74, 6) is 0. The molecular weight excluding hydrogens is 236 g/mol. The molecule has 0 N–H and O–H groups in total. The van der Waals surface area contributed by atoms with Gasteiger partial charge < -0.3 is 0 Å². The van der Waals surface area contributed by atoms with Gasteiger partial charge in [0.1, 0.15) is 5.69 Å². The molecule has 0 aliphatic carbocycles. The van der Waals surface area contributed by atoms with Crippen molar-refractivity contribution >= 4 is 6.29 Å². The maximum Gasteiger partial charge on any atom is 0.168 e. The number of aromatic nitrogens is 2. The van der Waals surface area contributed by atoms with Gasteiger partial charge in [-0.25, -0.2) is 0 Å². The van der Waals surface area contributed by atoms with Gasteiger partial charge in [0.15, 0.2) is 6.29 Å². The molecule has 0 saturated carbocycles. The largest absolute Gasteiger partial charge is 0.296 e. The minimum Gasteiger partial charge on any atom is -0.296 e. The lowest BCUT2D eigenvalue weighted by atomic mass is 10.1. The highest BCUT2D eigenvalue weighted by atomic mass is 16.1. The second kappa shape index (κ2) is 6.14. The number of hydrogen-bond donors (Lipinski definition) is 0. The number of nitrogens with zero attached hydrogens (tertiary/aromatic N) is 2. The van der Waals surface area contributed by atoms with Gasteiger partial charge in [-0.15, -0.1) is 6.58 Å². The second-order valence-corrected chi connectivity index (χ2v) is 4.49. The fourth-order valence-corrected chi connectivity index (χ4v) is 2.07. The number of aldehydes is 1. The minimum atomic E-state index is 0.544. The van der Waals surface area contributed by atoms with E-state index >= 15 is 0 Å². The van der Waals surface area contributed by atoms with E-state index in [1.54, 1.807) is 10.8 Å². The Hall–Kier alpha value is -2.16. The van der Waals surface area contributed by atoms with Gasteiger partial charge in [0, 0.05) is 5.56 Å². The van der Waals surface area contributed by atoms with E-state index in [9.17, 15) is 4.79 Å². The molecule has 3 heteroatoms. The molecule has 1 aromatic carbocycles. The molecule has 0 unspecified atom stereocenters. The molecular formula is C16H18N2O. The van der Waals surface area contributed by atoms with E-state index in [0.717, 1.165) is 30.4 Å². The Morgan fingerprint density at radius 3 is 2.63 bits per heavy atom. The van der Waals surface area contributed by atoms with Crippen molar-refractivity contribution in [1.29, 1.82) is 0 Å². The number of allylic oxidation sites excluding steroid dienone is 1. The Bertz CT molecular complexity index is 567. The minimum absolute atomic E-state index is 0.544. The van der Waals surface area contributed by atoms with Crippen molar-refractivity contribution in [2.24, 2.45) is 0 Å². The molecule has 0 radical (unpaired) electrons. The molecule has 0 aliphatic rings. The molecule has 2 aromatic rings. The predicted octanol–water partition coefficient (Wildman–Crippen LogP) is 3.50. The highest BCUT2D eigenvalue weighted by Crippen LogP contribution is 2.20. The smallest absolute Gasteiger partial charge is 0.168 e. The summed E-state index contributed by atoms with van der Waals surface area (Å²) in [5.41, 5.74) is 3.76. The van der Waals surface area contributed by atoms with Gasteiger partial charge in [0.05, 0.1) is 12.2 Å². The van der Waals surface area contributed by atoms with Gasteiger partial charge in [-0.2, -0.15) is 5.10 Å². The Morgan fingerprint density at radius 2 is 2.05 bits per heavy atom. The van der Waals surface area contributed by atoms with Crippen LogP contribution < -0.4 is 0 Å². The van der Waals surface area contributed by atoms with Gasteiger partial charge in [-0.05, 0) is 18.1 Å². The van der Waals surface area contributed by atoms with Crippen molar-refractivity contribution in [3.05, 3.63) is 54.2 Å². The van der Waals surface area contributed by atoms with Crippen molar-refractivity contribution in [3.63, 3.8) is 0 Å². The number of benzene rings is 1. The summed E-state index contributed by atoms with van der Waals surface area (Å²) in [6, 6.07) is 10.2. The van der Waals surface area contributed by atoms with Crippen LogP contribution in [0.15, 0.2) is 43.0 Å². The summed E-state index contributed by atoms with van der Waals surface area (Å²) < 4.78 is 1.66. The average Bonchev–Trinajstić information content (AvgIpc) is 2.84. The van der Waals surface area contributed by atoms with Gasteiger partial charge in [0.25, 0.3) is 0 Å². The second-order valence-electron chi connectivity index (χ2n) is 4.49. The fraction of sp³-hybridized carbons (Fsp3) is 0.250. The molecule has 2 rings (SSSR count). The lowest BCUT2D eigenvalue weighted by Gasteiger charge is -2.01. The molecule has 0 saturated heterocycles. The first-order valence-electron chi connectivity index (χ1n) is 6.51. The van der Waals surface area contributed by atoms with Crippen LogP contribution in [0.3, 0.4) is 0 Å². The summed E-state index contributed by atoms with van der Waals surface area (Å²) >= 11 is 0. The summed E-state index contributed by atoms with van der Waals surface area (Å²) in [7, 11) is 0. The van der Waals surface area contributed by atoms with Crippen LogP contribution in [-0.4, -0.2) is 16.1 Å². The summed E-state index contributed by atoms with van der Waals surface area (Å²) in [6.45, 7) is 6.38. The monoisotopic (exact) mass is 254 g/mol. The molecule has 0 aliphatic heterocycles. The molecule has 98 valence electrons. The van der Waals surface area contributed by atoms with Crippen LogP contribution >= 0.6 is 0 Å². The van der Waals surface area contributed by atoms with E-state index < -0.39 is 0 Å². The molecule has 1 aromatic heterocycles. The lowest BCUT2D eigenvalue weighted by molar-refractivity contribution is 0.111. The third kappa shape index (κ3) is 2.99. The average molecular weight is 254 g/mol. The third-order valence-electron chi connectivity index (χ3n) is 3.02. The SMILES string of the molecule is C=CCn1nc(-c2ccc(CCC)cc2)cc1C=O. The van der Waals surface area contributed by atoms with E-state index in [0.29, 0.717) is 12.2 Å². The standard InChI is InChI=1S/C16H18N2O/c1-3-5-13-6-8-14(9-7-13)16-11-15(12-19)18(17-16)10-4-2/h4,6-9,11-12H,2-3,5,10H2,1H3. The van der Waals surface area contributed by atoms with Crippen LogP contribution in [0.2, 0.25) is 0 Å². The zero-order valence-corrected chi connectivity index (χ0v) is 11.2. The topological polar surface area (TPSA) is 34.9 Å². The summed E-state index contributed by atoms with van der Waals surface area (Å²) in [4.78, 5) is 11.0. The van der Waals surface area contributed by atoms with Crippen LogP contribution in [-0.2, 0) is 13.0 Å². The number of aryl methyl sites for hydroxylation is 1. The first-order chi connectivity index (χ1) is 9.28. The zero-order valence-electron chi connectivity index (χ0n) is 11.2. The molecule has 3 nitrogen and oxygen atoms in total. The Kier molecular flexibility index (Phi) is 4.29. The predicted molar refractivity (Wildman–Crippen MR) is 77.2 cm³/mol. The van der Waals surface area contributed by atoms with E-state index in [-0.39, 0.29) is 0 Å².